The van der Waals surface area contributed by atoms with Gasteiger partial charge < -0.3 is 9.47 Å². The van der Waals surface area contributed by atoms with E-state index in [1.165, 1.54) is 30.5 Å². The summed E-state index contributed by atoms with van der Waals surface area (Å²) < 4.78 is 10.8. The Hall–Kier alpha value is -3.42. The average Bonchev–Trinajstić information content (AvgIpc) is 2.63. The molecule has 0 saturated heterocycles. The predicted molar refractivity (Wildman–Crippen MR) is 96.5 cm³/mol. The maximum atomic E-state index is 12.0. The van der Waals surface area contributed by atoms with Gasteiger partial charge in [0, 0.05) is 12.1 Å². The summed E-state index contributed by atoms with van der Waals surface area (Å²) >= 11 is 0. The highest BCUT2D eigenvalue weighted by atomic mass is 16.6. The topological polar surface area (TPSA) is 103 Å². The third kappa shape index (κ3) is 5.59. The Morgan fingerprint density at radius 1 is 1.19 bits per heavy atom. The van der Waals surface area contributed by atoms with Crippen molar-refractivity contribution >= 4 is 17.8 Å². The summed E-state index contributed by atoms with van der Waals surface area (Å²) in [4.78, 5) is 22.1. The first-order valence-electron chi connectivity index (χ1n) is 7.96. The van der Waals surface area contributed by atoms with Gasteiger partial charge in [-0.2, -0.15) is 5.10 Å². The summed E-state index contributed by atoms with van der Waals surface area (Å²) in [5.41, 5.74) is 3.14. The SMILES string of the molecule is CCOc1ccc(/C=N\NC(=O)[C@@H](C)Oc2ccc([N+](=O)[O-])cc2)cc1. The molecule has 2 aromatic rings. The molecule has 0 heterocycles. The Kier molecular flexibility index (Phi) is 6.67. The molecule has 0 spiro atoms. The molecule has 0 aliphatic carbocycles. The molecule has 8 nitrogen and oxygen atoms in total. The molecule has 8 heteroatoms. The van der Waals surface area contributed by atoms with Crippen LogP contribution in [0.1, 0.15) is 19.4 Å². The Morgan fingerprint density at radius 2 is 1.81 bits per heavy atom. The van der Waals surface area contributed by atoms with E-state index in [4.69, 9.17) is 9.47 Å². The number of hydrogen-bond acceptors (Lipinski definition) is 6. The zero-order valence-electron chi connectivity index (χ0n) is 14.4. The first-order chi connectivity index (χ1) is 12.5. The number of hydrazone groups is 1. The number of hydrogen-bond donors (Lipinski definition) is 1. The molecule has 0 bridgehead atoms. The summed E-state index contributed by atoms with van der Waals surface area (Å²) in [6.45, 7) is 4.06. The summed E-state index contributed by atoms with van der Waals surface area (Å²) in [6.07, 6.45) is 0.695. The van der Waals surface area contributed by atoms with Crippen LogP contribution in [0.2, 0.25) is 0 Å². The van der Waals surface area contributed by atoms with Gasteiger partial charge in [-0.1, -0.05) is 0 Å². The molecule has 1 amide bonds. The molecule has 1 atom stereocenters. The molecule has 0 unspecified atom stereocenters. The number of rotatable bonds is 8. The van der Waals surface area contributed by atoms with Crippen molar-refractivity contribution in [3.8, 4) is 11.5 Å². The molecule has 0 radical (unpaired) electrons. The second-order valence-corrected chi connectivity index (χ2v) is 5.25. The third-order valence-corrected chi connectivity index (χ3v) is 3.31. The van der Waals surface area contributed by atoms with E-state index >= 15 is 0 Å². The molecule has 1 N–H and O–H groups in total. The largest absolute Gasteiger partial charge is 0.494 e. The molecule has 0 saturated carbocycles. The summed E-state index contributed by atoms with van der Waals surface area (Å²) in [5, 5.41) is 14.5. The molecule has 136 valence electrons. The smallest absolute Gasteiger partial charge is 0.280 e. The Labute approximate surface area is 150 Å². The molecule has 2 rings (SSSR count). The number of ether oxygens (including phenoxy) is 2. The van der Waals surface area contributed by atoms with Crippen molar-refractivity contribution in [3.05, 3.63) is 64.2 Å². The number of nitrogens with one attached hydrogen (secondary N) is 1. The second-order valence-electron chi connectivity index (χ2n) is 5.25. The van der Waals surface area contributed by atoms with Crippen LogP contribution in [0, 0.1) is 10.1 Å². The standard InChI is InChI=1S/C18H19N3O5/c1-3-25-16-8-4-14(5-9-16)12-19-20-18(22)13(2)26-17-10-6-15(7-11-17)21(23)24/h4-13H,3H2,1-2H3,(H,20,22)/b19-12-/t13-/m1/s1. The van der Waals surface area contributed by atoms with Crippen molar-refractivity contribution in [2.45, 2.75) is 20.0 Å². The van der Waals surface area contributed by atoms with Crippen molar-refractivity contribution in [1.29, 1.82) is 0 Å². The van der Waals surface area contributed by atoms with Crippen LogP contribution in [0.15, 0.2) is 53.6 Å². The van der Waals surface area contributed by atoms with E-state index < -0.39 is 16.9 Å². The van der Waals surface area contributed by atoms with E-state index in [1.807, 2.05) is 31.2 Å². The zero-order valence-corrected chi connectivity index (χ0v) is 14.4. The average molecular weight is 357 g/mol. The van der Waals surface area contributed by atoms with Crippen LogP contribution < -0.4 is 14.9 Å². The van der Waals surface area contributed by atoms with E-state index in [9.17, 15) is 14.9 Å². The number of amides is 1. The minimum absolute atomic E-state index is 0.0468. The Bertz CT molecular complexity index is 772. The van der Waals surface area contributed by atoms with E-state index in [2.05, 4.69) is 10.5 Å². The van der Waals surface area contributed by atoms with Gasteiger partial charge >= 0.3 is 0 Å². The minimum atomic E-state index is -0.811. The fourth-order valence-electron chi connectivity index (χ4n) is 1.98. The second kappa shape index (κ2) is 9.16. The molecule has 0 fully saturated rings. The van der Waals surface area contributed by atoms with Crippen LogP contribution in [-0.4, -0.2) is 29.8 Å². The van der Waals surface area contributed by atoms with Crippen LogP contribution in [-0.2, 0) is 4.79 Å². The molecule has 0 aromatic heterocycles. The van der Waals surface area contributed by atoms with Gasteiger partial charge in [0.2, 0.25) is 0 Å². The molecule has 26 heavy (non-hydrogen) atoms. The number of nitro groups is 1. The van der Waals surface area contributed by atoms with Crippen molar-refractivity contribution in [3.63, 3.8) is 0 Å². The van der Waals surface area contributed by atoms with Gasteiger partial charge in [-0.05, 0) is 55.8 Å². The minimum Gasteiger partial charge on any atom is -0.494 e. The molecular weight excluding hydrogens is 338 g/mol. The lowest BCUT2D eigenvalue weighted by Gasteiger charge is -2.12. The summed E-state index contributed by atoms with van der Waals surface area (Å²) in [6, 6.07) is 12.7. The number of carbonyl (C=O) groups excluding carboxylic acids is 1. The van der Waals surface area contributed by atoms with Gasteiger partial charge in [-0.3, -0.25) is 14.9 Å². The number of carbonyl (C=O) groups is 1. The first kappa shape index (κ1) is 18.9. The van der Waals surface area contributed by atoms with Gasteiger partial charge in [0.15, 0.2) is 6.10 Å². The summed E-state index contributed by atoms with van der Waals surface area (Å²) in [7, 11) is 0. The van der Waals surface area contributed by atoms with Crippen molar-refractivity contribution in [1.82, 2.24) is 5.43 Å². The highest BCUT2D eigenvalue weighted by Gasteiger charge is 2.14. The molecular formula is C18H19N3O5. The normalized spacial score (nSPS) is 11.8. The fourth-order valence-corrected chi connectivity index (χ4v) is 1.98. The van der Waals surface area contributed by atoms with Crippen LogP contribution >= 0.6 is 0 Å². The maximum Gasteiger partial charge on any atom is 0.280 e. The highest BCUT2D eigenvalue weighted by molar-refractivity contribution is 5.84. The highest BCUT2D eigenvalue weighted by Crippen LogP contribution is 2.18. The maximum absolute atomic E-state index is 12.0. The van der Waals surface area contributed by atoms with Gasteiger partial charge in [0.05, 0.1) is 17.7 Å². The van der Waals surface area contributed by atoms with E-state index in [-0.39, 0.29) is 5.69 Å². The van der Waals surface area contributed by atoms with Crippen LogP contribution in [0.25, 0.3) is 0 Å². The van der Waals surface area contributed by atoms with E-state index in [1.54, 1.807) is 6.92 Å². The van der Waals surface area contributed by atoms with Crippen LogP contribution in [0.5, 0.6) is 11.5 Å². The van der Waals surface area contributed by atoms with E-state index in [0.29, 0.717) is 12.4 Å². The Balaban J connectivity index is 1.85. The number of benzene rings is 2. The number of non-ortho nitro benzene ring substituents is 1. The number of nitrogens with zero attached hydrogens (tertiary/aromatic N) is 2. The van der Waals surface area contributed by atoms with Gasteiger partial charge in [-0.25, -0.2) is 5.43 Å². The first-order valence-corrected chi connectivity index (χ1v) is 7.96. The molecule has 2 aromatic carbocycles. The third-order valence-electron chi connectivity index (χ3n) is 3.31. The van der Waals surface area contributed by atoms with Gasteiger partial charge in [0.1, 0.15) is 11.5 Å². The van der Waals surface area contributed by atoms with Crippen molar-refractivity contribution in [2.24, 2.45) is 5.10 Å². The fraction of sp³-hybridized carbons (Fsp3) is 0.222. The zero-order chi connectivity index (χ0) is 18.9. The summed E-state index contributed by atoms with van der Waals surface area (Å²) in [5.74, 6) is 0.679. The van der Waals surface area contributed by atoms with Gasteiger partial charge in [0.25, 0.3) is 11.6 Å². The monoisotopic (exact) mass is 357 g/mol. The van der Waals surface area contributed by atoms with Crippen LogP contribution in [0.3, 0.4) is 0 Å². The van der Waals surface area contributed by atoms with E-state index in [0.717, 1.165) is 11.3 Å². The van der Waals surface area contributed by atoms with Gasteiger partial charge in [-0.15, -0.1) is 0 Å². The predicted octanol–water partition coefficient (Wildman–Crippen LogP) is 2.91. The lowest BCUT2D eigenvalue weighted by molar-refractivity contribution is -0.384. The molecule has 0 aliphatic rings. The lowest BCUT2D eigenvalue weighted by Crippen LogP contribution is -2.33. The van der Waals surface area contributed by atoms with Crippen molar-refractivity contribution < 1.29 is 19.2 Å². The van der Waals surface area contributed by atoms with Crippen molar-refractivity contribution in [2.75, 3.05) is 6.61 Å². The Morgan fingerprint density at radius 3 is 2.38 bits per heavy atom. The van der Waals surface area contributed by atoms with Crippen LogP contribution in [0.4, 0.5) is 5.69 Å². The number of nitro benzene ring substituents is 1. The lowest BCUT2D eigenvalue weighted by atomic mass is 10.2. The quantitative estimate of drug-likeness (QED) is 0.444. The molecule has 0 aliphatic heterocycles.